The van der Waals surface area contributed by atoms with Gasteiger partial charge in [-0.15, -0.1) is 22.7 Å². The zero-order chi connectivity index (χ0) is 30.4. The molecule has 0 bridgehead atoms. The van der Waals surface area contributed by atoms with Crippen LogP contribution in [0.25, 0.3) is 0 Å². The van der Waals surface area contributed by atoms with E-state index in [0.29, 0.717) is 34.0 Å². The van der Waals surface area contributed by atoms with Gasteiger partial charge in [-0.3, -0.25) is 9.59 Å². The minimum atomic E-state index is -0.651. The Morgan fingerprint density at radius 3 is 1.27 bits per heavy atom. The van der Waals surface area contributed by atoms with Crippen molar-refractivity contribution in [1.29, 1.82) is 0 Å². The summed E-state index contributed by atoms with van der Waals surface area (Å²) in [4.78, 5) is 51.1. The third kappa shape index (κ3) is 10.0. The van der Waals surface area contributed by atoms with Crippen molar-refractivity contribution in [3.05, 3.63) is 33.0 Å². The van der Waals surface area contributed by atoms with Crippen molar-refractivity contribution in [2.24, 2.45) is 0 Å². The van der Waals surface area contributed by atoms with Crippen LogP contribution in [0.5, 0.6) is 0 Å². The molecular formula is C30H44N2O6S2. The molecule has 0 aliphatic heterocycles. The zero-order valence-electron chi connectivity index (χ0n) is 25.4. The van der Waals surface area contributed by atoms with Crippen LogP contribution in [0, 0.1) is 0 Å². The van der Waals surface area contributed by atoms with E-state index in [1.54, 1.807) is 41.5 Å². The van der Waals surface area contributed by atoms with Crippen LogP contribution in [0.2, 0.25) is 0 Å². The fourth-order valence-electron chi connectivity index (χ4n) is 3.80. The highest BCUT2D eigenvalue weighted by molar-refractivity contribution is 7.15. The minimum Gasteiger partial charge on any atom is -0.456 e. The highest BCUT2D eigenvalue weighted by atomic mass is 32.1. The molecule has 2 aromatic heterocycles. The molecule has 0 fully saturated rings. The molecule has 2 aromatic rings. The standard InChI is InChI=1S/C30H44N2O6S2/c1-17(2)19-15-39-25(23(19)27(35)37-29(5,6)7)31-21(33)13-11-12-14-22(34)32-26-24(20(16-40-26)18(3)4)28(36)38-30(8,9)10/h15-18H,11-14H2,1-10H3,(H,31,33)(H,32,34). The highest BCUT2D eigenvalue weighted by Crippen LogP contribution is 2.36. The van der Waals surface area contributed by atoms with E-state index in [-0.39, 0.29) is 36.5 Å². The number of amides is 2. The summed E-state index contributed by atoms with van der Waals surface area (Å²) >= 11 is 2.62. The van der Waals surface area contributed by atoms with Gasteiger partial charge in [0.25, 0.3) is 0 Å². The Kier molecular flexibility index (Phi) is 11.5. The van der Waals surface area contributed by atoms with E-state index in [1.807, 2.05) is 38.5 Å². The molecule has 0 aliphatic rings. The number of carbonyl (C=O) groups is 4. The van der Waals surface area contributed by atoms with Crippen LogP contribution in [0.15, 0.2) is 10.8 Å². The molecule has 0 aliphatic carbocycles. The Bertz CT molecular complexity index is 1120. The van der Waals surface area contributed by atoms with Crippen molar-refractivity contribution >= 4 is 56.4 Å². The van der Waals surface area contributed by atoms with Crippen LogP contribution >= 0.6 is 22.7 Å². The van der Waals surface area contributed by atoms with Crippen molar-refractivity contribution in [2.75, 3.05) is 10.6 Å². The molecule has 2 N–H and O–H groups in total. The summed E-state index contributed by atoms with van der Waals surface area (Å²) in [5, 5.41) is 10.4. The van der Waals surface area contributed by atoms with Crippen molar-refractivity contribution in [2.45, 2.75) is 118 Å². The SMILES string of the molecule is CC(C)c1csc(NC(=O)CCCCC(=O)Nc2scc(C(C)C)c2C(=O)OC(C)(C)C)c1C(=O)OC(C)(C)C. The summed E-state index contributed by atoms with van der Waals surface area (Å²) < 4.78 is 11.1. The van der Waals surface area contributed by atoms with Crippen LogP contribution in [0.4, 0.5) is 10.0 Å². The second-order valence-corrected chi connectivity index (χ2v) is 14.2. The van der Waals surface area contributed by atoms with Gasteiger partial charge in [0.1, 0.15) is 21.2 Å². The monoisotopic (exact) mass is 592 g/mol. The largest absolute Gasteiger partial charge is 0.456 e. The lowest BCUT2D eigenvalue weighted by molar-refractivity contribution is -0.118. The first-order valence-electron chi connectivity index (χ1n) is 13.7. The first-order chi connectivity index (χ1) is 18.4. The van der Waals surface area contributed by atoms with E-state index in [0.717, 1.165) is 11.1 Å². The number of nitrogens with one attached hydrogen (secondary N) is 2. The molecule has 0 unspecified atom stereocenters. The lowest BCUT2D eigenvalue weighted by Gasteiger charge is -2.21. The molecule has 2 amide bonds. The zero-order valence-corrected chi connectivity index (χ0v) is 27.0. The van der Waals surface area contributed by atoms with Gasteiger partial charge in [-0.25, -0.2) is 9.59 Å². The van der Waals surface area contributed by atoms with E-state index in [4.69, 9.17) is 9.47 Å². The third-order valence-corrected chi connectivity index (χ3v) is 7.48. The van der Waals surface area contributed by atoms with Crippen LogP contribution in [-0.2, 0) is 19.1 Å². The van der Waals surface area contributed by atoms with E-state index < -0.39 is 23.1 Å². The Balaban J connectivity index is 1.96. The molecule has 40 heavy (non-hydrogen) atoms. The van der Waals surface area contributed by atoms with Gasteiger partial charge in [0.2, 0.25) is 11.8 Å². The predicted octanol–water partition coefficient (Wildman–Crippen LogP) is 8.10. The Hall–Kier alpha value is -2.72. The molecule has 0 atom stereocenters. The summed E-state index contributed by atoms with van der Waals surface area (Å²) in [6.45, 7) is 18.8. The van der Waals surface area contributed by atoms with Crippen LogP contribution in [0.3, 0.4) is 0 Å². The Morgan fingerprint density at radius 2 is 1.00 bits per heavy atom. The molecule has 0 aromatic carbocycles. The molecule has 0 saturated heterocycles. The van der Waals surface area contributed by atoms with Gasteiger partial charge in [0.15, 0.2) is 0 Å². The normalized spacial score (nSPS) is 12.0. The van der Waals surface area contributed by atoms with Crippen molar-refractivity contribution in [1.82, 2.24) is 0 Å². The maximum Gasteiger partial charge on any atom is 0.341 e. The molecule has 10 heteroatoms. The molecule has 222 valence electrons. The van der Waals surface area contributed by atoms with Gasteiger partial charge in [0.05, 0.1) is 11.1 Å². The first-order valence-corrected chi connectivity index (χ1v) is 15.4. The van der Waals surface area contributed by atoms with Gasteiger partial charge >= 0.3 is 11.9 Å². The average Bonchev–Trinajstić information content (AvgIpc) is 3.39. The molecule has 2 rings (SSSR count). The van der Waals surface area contributed by atoms with Crippen molar-refractivity contribution in [3.63, 3.8) is 0 Å². The number of hydrogen-bond acceptors (Lipinski definition) is 8. The lowest BCUT2D eigenvalue weighted by atomic mass is 10.0. The number of rotatable bonds is 11. The molecule has 0 spiro atoms. The summed E-state index contributed by atoms with van der Waals surface area (Å²) in [6, 6.07) is 0. The summed E-state index contributed by atoms with van der Waals surface area (Å²) in [7, 11) is 0. The van der Waals surface area contributed by atoms with Crippen LogP contribution < -0.4 is 10.6 Å². The second kappa shape index (κ2) is 13.8. The molecule has 2 heterocycles. The minimum absolute atomic E-state index is 0.0960. The number of esters is 2. The van der Waals surface area contributed by atoms with Crippen molar-refractivity contribution in [3.8, 4) is 0 Å². The molecule has 8 nitrogen and oxygen atoms in total. The van der Waals surface area contributed by atoms with Gasteiger partial charge in [-0.05, 0) is 88.1 Å². The lowest BCUT2D eigenvalue weighted by Crippen LogP contribution is -2.25. The second-order valence-electron chi connectivity index (χ2n) is 12.4. The number of carbonyl (C=O) groups excluding carboxylic acids is 4. The smallest absolute Gasteiger partial charge is 0.341 e. The Labute approximate surface area is 246 Å². The van der Waals surface area contributed by atoms with Gasteiger partial charge < -0.3 is 20.1 Å². The van der Waals surface area contributed by atoms with E-state index in [9.17, 15) is 19.2 Å². The fraction of sp³-hybridized carbons (Fsp3) is 0.600. The number of ether oxygens (including phenoxy) is 2. The van der Waals surface area contributed by atoms with Crippen LogP contribution in [-0.4, -0.2) is 35.0 Å². The number of anilines is 2. The number of hydrogen-bond donors (Lipinski definition) is 2. The predicted molar refractivity (Wildman–Crippen MR) is 163 cm³/mol. The fourth-order valence-corrected chi connectivity index (χ4v) is 6.06. The summed E-state index contributed by atoms with van der Waals surface area (Å²) in [6.07, 6.45) is 1.39. The number of thiophene rings is 2. The van der Waals surface area contributed by atoms with Gasteiger partial charge in [-0.2, -0.15) is 0 Å². The average molecular weight is 593 g/mol. The Morgan fingerprint density at radius 1 is 0.675 bits per heavy atom. The molecule has 0 saturated carbocycles. The van der Waals surface area contributed by atoms with E-state index >= 15 is 0 Å². The molecular weight excluding hydrogens is 548 g/mol. The maximum absolute atomic E-state index is 12.9. The highest BCUT2D eigenvalue weighted by Gasteiger charge is 2.28. The van der Waals surface area contributed by atoms with Crippen molar-refractivity contribution < 1.29 is 28.7 Å². The summed E-state index contributed by atoms with van der Waals surface area (Å²) in [5.74, 6) is -1.17. The van der Waals surface area contributed by atoms with Crippen LogP contribution in [0.1, 0.15) is 139 Å². The topological polar surface area (TPSA) is 111 Å². The van der Waals surface area contributed by atoms with Gasteiger partial charge in [0, 0.05) is 12.8 Å². The first kappa shape index (κ1) is 33.5. The quantitative estimate of drug-likeness (QED) is 0.201. The number of unbranched alkanes of at least 4 members (excludes halogenated alkanes) is 1. The third-order valence-electron chi connectivity index (χ3n) is 5.65. The maximum atomic E-state index is 12.9. The molecule has 0 radical (unpaired) electrons. The summed E-state index contributed by atoms with van der Waals surface area (Å²) in [5.41, 5.74) is 1.18. The van der Waals surface area contributed by atoms with E-state index in [1.165, 1.54) is 22.7 Å². The van der Waals surface area contributed by atoms with Gasteiger partial charge in [-0.1, -0.05) is 27.7 Å². The van der Waals surface area contributed by atoms with E-state index in [2.05, 4.69) is 10.6 Å².